The molecule has 0 spiro atoms. The molecule has 0 radical (unpaired) electrons. The molecule has 0 bridgehead atoms. The molecule has 0 fully saturated rings. The molecular formula is C14H21NOS. The van der Waals surface area contributed by atoms with Gasteiger partial charge >= 0.3 is 0 Å². The first-order valence-electron chi connectivity index (χ1n) is 5.97. The van der Waals surface area contributed by atoms with Crippen molar-refractivity contribution >= 4 is 11.3 Å². The third kappa shape index (κ3) is 5.88. The van der Waals surface area contributed by atoms with Crippen molar-refractivity contribution in [3.05, 3.63) is 21.9 Å². The Morgan fingerprint density at radius 1 is 1.47 bits per heavy atom. The summed E-state index contributed by atoms with van der Waals surface area (Å²) in [7, 11) is 2.15. The standard InChI is InChI=1S/C14H21NOS/c1-12(2)9-15(3)10-14-8-13(11-17-14)6-4-5-7-16/h8,11-12,16H,5,7,9-10H2,1-3H3. The van der Waals surface area contributed by atoms with Gasteiger partial charge in [0.15, 0.2) is 0 Å². The van der Waals surface area contributed by atoms with E-state index in [1.807, 2.05) is 0 Å². The molecule has 94 valence electrons. The Morgan fingerprint density at radius 2 is 2.24 bits per heavy atom. The molecule has 0 saturated heterocycles. The van der Waals surface area contributed by atoms with Gasteiger partial charge in [0.05, 0.1) is 6.61 Å². The SMILES string of the molecule is CC(C)CN(C)Cc1cc(C#CCCO)cs1. The molecule has 0 saturated carbocycles. The summed E-state index contributed by atoms with van der Waals surface area (Å²) in [4.78, 5) is 3.68. The molecule has 1 heterocycles. The van der Waals surface area contributed by atoms with Crippen LogP contribution in [0.4, 0.5) is 0 Å². The van der Waals surface area contributed by atoms with Crippen LogP contribution in [0.3, 0.4) is 0 Å². The quantitative estimate of drug-likeness (QED) is 0.813. The van der Waals surface area contributed by atoms with E-state index in [2.05, 4.69) is 49.1 Å². The van der Waals surface area contributed by atoms with Gasteiger partial charge in [0.2, 0.25) is 0 Å². The number of rotatable bonds is 5. The average Bonchev–Trinajstić information content (AvgIpc) is 2.64. The van der Waals surface area contributed by atoms with E-state index in [-0.39, 0.29) is 6.61 Å². The first-order chi connectivity index (χ1) is 8.11. The molecule has 1 aromatic rings. The van der Waals surface area contributed by atoms with E-state index in [4.69, 9.17) is 5.11 Å². The minimum absolute atomic E-state index is 0.140. The number of thiophene rings is 1. The van der Waals surface area contributed by atoms with Crippen LogP contribution in [0.5, 0.6) is 0 Å². The van der Waals surface area contributed by atoms with E-state index >= 15 is 0 Å². The zero-order chi connectivity index (χ0) is 12.7. The molecule has 0 aliphatic rings. The lowest BCUT2D eigenvalue weighted by atomic mass is 10.2. The third-order valence-electron chi connectivity index (χ3n) is 2.23. The Kier molecular flexibility index (Phi) is 6.28. The van der Waals surface area contributed by atoms with Crippen molar-refractivity contribution in [2.24, 2.45) is 5.92 Å². The van der Waals surface area contributed by atoms with Gasteiger partial charge in [0.1, 0.15) is 0 Å². The summed E-state index contributed by atoms with van der Waals surface area (Å²) >= 11 is 1.76. The van der Waals surface area contributed by atoms with Crippen molar-refractivity contribution in [3.8, 4) is 11.8 Å². The van der Waals surface area contributed by atoms with Crippen LogP contribution in [-0.4, -0.2) is 30.2 Å². The number of hydrogen-bond donors (Lipinski definition) is 1. The minimum atomic E-state index is 0.140. The summed E-state index contributed by atoms with van der Waals surface area (Å²) in [6, 6.07) is 2.14. The van der Waals surface area contributed by atoms with Crippen molar-refractivity contribution in [2.45, 2.75) is 26.8 Å². The molecule has 1 N–H and O–H groups in total. The van der Waals surface area contributed by atoms with Crippen molar-refractivity contribution in [2.75, 3.05) is 20.2 Å². The van der Waals surface area contributed by atoms with Crippen molar-refractivity contribution in [1.82, 2.24) is 4.90 Å². The first-order valence-corrected chi connectivity index (χ1v) is 6.85. The maximum Gasteiger partial charge on any atom is 0.0540 e. The zero-order valence-electron chi connectivity index (χ0n) is 10.9. The molecular weight excluding hydrogens is 230 g/mol. The Balaban J connectivity index is 2.48. The Labute approximate surface area is 108 Å². The Morgan fingerprint density at radius 3 is 2.88 bits per heavy atom. The van der Waals surface area contributed by atoms with Gasteiger partial charge in [-0.15, -0.1) is 11.3 Å². The number of aliphatic hydroxyl groups excluding tert-OH is 1. The predicted molar refractivity (Wildman–Crippen MR) is 74.1 cm³/mol. The van der Waals surface area contributed by atoms with Crippen LogP contribution >= 0.6 is 11.3 Å². The molecule has 17 heavy (non-hydrogen) atoms. The molecule has 2 nitrogen and oxygen atoms in total. The van der Waals surface area contributed by atoms with Gasteiger partial charge in [-0.05, 0) is 19.0 Å². The minimum Gasteiger partial charge on any atom is -0.395 e. The number of nitrogens with zero attached hydrogens (tertiary/aromatic N) is 1. The molecule has 0 aliphatic heterocycles. The molecule has 1 aromatic heterocycles. The van der Waals surface area contributed by atoms with Crippen LogP contribution in [0.1, 0.15) is 30.7 Å². The predicted octanol–water partition coefficient (Wildman–Crippen LogP) is 2.57. The van der Waals surface area contributed by atoms with Crippen LogP contribution in [-0.2, 0) is 6.54 Å². The van der Waals surface area contributed by atoms with Gasteiger partial charge in [-0.3, -0.25) is 0 Å². The Bertz CT molecular complexity index is 386. The smallest absolute Gasteiger partial charge is 0.0540 e. The fourth-order valence-electron chi connectivity index (χ4n) is 1.70. The fraction of sp³-hybridized carbons (Fsp3) is 0.571. The molecule has 3 heteroatoms. The van der Waals surface area contributed by atoms with Crippen molar-refractivity contribution in [1.29, 1.82) is 0 Å². The van der Waals surface area contributed by atoms with Crippen LogP contribution in [0, 0.1) is 17.8 Å². The molecule has 0 atom stereocenters. The second-order valence-corrected chi connectivity index (χ2v) is 5.66. The molecule has 0 aromatic carbocycles. The monoisotopic (exact) mass is 251 g/mol. The van der Waals surface area contributed by atoms with Gasteiger partial charge in [-0.2, -0.15) is 0 Å². The zero-order valence-corrected chi connectivity index (χ0v) is 11.7. The number of hydrogen-bond acceptors (Lipinski definition) is 3. The maximum atomic E-state index is 8.65. The highest BCUT2D eigenvalue weighted by Gasteiger charge is 2.04. The second-order valence-electron chi connectivity index (χ2n) is 4.67. The molecule has 0 amide bonds. The van der Waals surface area contributed by atoms with E-state index in [0.29, 0.717) is 12.3 Å². The van der Waals surface area contributed by atoms with E-state index in [0.717, 1.165) is 18.7 Å². The fourth-order valence-corrected chi connectivity index (χ4v) is 2.60. The molecule has 0 unspecified atom stereocenters. The van der Waals surface area contributed by atoms with E-state index in [1.165, 1.54) is 4.88 Å². The van der Waals surface area contributed by atoms with E-state index in [1.54, 1.807) is 11.3 Å². The lowest BCUT2D eigenvalue weighted by Gasteiger charge is -2.17. The summed E-state index contributed by atoms with van der Waals surface area (Å²) in [5.74, 6) is 6.70. The van der Waals surface area contributed by atoms with Gasteiger partial charge in [0.25, 0.3) is 0 Å². The second kappa shape index (κ2) is 7.50. The third-order valence-corrected chi connectivity index (χ3v) is 3.15. The van der Waals surface area contributed by atoms with Crippen LogP contribution in [0.2, 0.25) is 0 Å². The van der Waals surface area contributed by atoms with Gasteiger partial charge in [0, 0.05) is 35.3 Å². The average molecular weight is 251 g/mol. The van der Waals surface area contributed by atoms with Crippen LogP contribution < -0.4 is 0 Å². The van der Waals surface area contributed by atoms with E-state index < -0.39 is 0 Å². The van der Waals surface area contributed by atoms with E-state index in [9.17, 15) is 0 Å². The van der Waals surface area contributed by atoms with Crippen molar-refractivity contribution < 1.29 is 5.11 Å². The van der Waals surface area contributed by atoms with Gasteiger partial charge < -0.3 is 10.0 Å². The summed E-state index contributed by atoms with van der Waals surface area (Å²) in [5.41, 5.74) is 1.07. The van der Waals surface area contributed by atoms with Gasteiger partial charge in [-0.25, -0.2) is 0 Å². The van der Waals surface area contributed by atoms with Crippen LogP contribution in [0.25, 0.3) is 0 Å². The highest BCUT2D eigenvalue weighted by Crippen LogP contribution is 2.16. The normalized spacial score (nSPS) is 10.7. The highest BCUT2D eigenvalue weighted by atomic mass is 32.1. The molecule has 1 rings (SSSR count). The molecule has 0 aliphatic carbocycles. The van der Waals surface area contributed by atoms with Crippen molar-refractivity contribution in [3.63, 3.8) is 0 Å². The first kappa shape index (κ1) is 14.2. The largest absolute Gasteiger partial charge is 0.395 e. The Hall–Kier alpha value is -0.820. The van der Waals surface area contributed by atoms with Gasteiger partial charge in [-0.1, -0.05) is 25.7 Å². The lowest BCUT2D eigenvalue weighted by Crippen LogP contribution is -2.22. The summed E-state index contributed by atoms with van der Waals surface area (Å²) in [5, 5.41) is 10.7. The van der Waals surface area contributed by atoms with Crippen LogP contribution in [0.15, 0.2) is 11.4 Å². The summed E-state index contributed by atoms with van der Waals surface area (Å²) in [6.45, 7) is 6.71. The maximum absolute atomic E-state index is 8.65. The number of aliphatic hydroxyl groups is 1. The topological polar surface area (TPSA) is 23.5 Å². The summed E-state index contributed by atoms with van der Waals surface area (Å²) < 4.78 is 0. The lowest BCUT2D eigenvalue weighted by molar-refractivity contribution is 0.290. The summed E-state index contributed by atoms with van der Waals surface area (Å²) in [6.07, 6.45) is 0.554. The highest BCUT2D eigenvalue weighted by molar-refractivity contribution is 7.10.